The van der Waals surface area contributed by atoms with Gasteiger partial charge in [0.2, 0.25) is 0 Å². The number of alkyl halides is 1. The minimum Gasteiger partial charge on any atom is -0.250 e. The summed E-state index contributed by atoms with van der Waals surface area (Å²) in [6, 6.07) is 0. The van der Waals surface area contributed by atoms with Crippen molar-refractivity contribution in [3.05, 3.63) is 16.1 Å². The summed E-state index contributed by atoms with van der Waals surface area (Å²) in [4.78, 5) is 5.53. The molecule has 1 saturated heterocycles. The van der Waals surface area contributed by atoms with E-state index in [9.17, 15) is 8.42 Å². The summed E-state index contributed by atoms with van der Waals surface area (Å²) in [5, 5.41) is 0. The summed E-state index contributed by atoms with van der Waals surface area (Å²) in [6.45, 7) is 2.02. The van der Waals surface area contributed by atoms with Crippen LogP contribution >= 0.6 is 22.9 Å². The Morgan fingerprint density at radius 1 is 1.61 bits per heavy atom. The summed E-state index contributed by atoms with van der Waals surface area (Å²) < 4.78 is 23.0. The molecule has 2 rings (SSSR count). The Balaban J connectivity index is 1.92. The summed E-state index contributed by atoms with van der Waals surface area (Å²) >= 11 is 7.69. The van der Waals surface area contributed by atoms with E-state index in [1.807, 2.05) is 12.4 Å². The first-order valence-electron chi connectivity index (χ1n) is 6.17. The fraction of sp³-hybridized carbons (Fsp3) is 0.750. The maximum Gasteiger partial charge on any atom is 0.150 e. The maximum absolute atomic E-state index is 11.5. The van der Waals surface area contributed by atoms with Gasteiger partial charge in [0.1, 0.15) is 0 Å². The average molecular weight is 308 g/mol. The number of halogens is 1. The normalized spacial score (nSPS) is 24.2. The van der Waals surface area contributed by atoms with E-state index in [1.54, 1.807) is 11.3 Å². The molecular weight excluding hydrogens is 290 g/mol. The van der Waals surface area contributed by atoms with Gasteiger partial charge in [0.05, 0.1) is 22.7 Å². The van der Waals surface area contributed by atoms with Crippen molar-refractivity contribution < 1.29 is 8.42 Å². The molecule has 102 valence electrons. The van der Waals surface area contributed by atoms with Gasteiger partial charge in [-0.05, 0) is 38.0 Å². The molecule has 2 unspecified atom stereocenters. The molecule has 0 N–H and O–H groups in total. The van der Waals surface area contributed by atoms with Gasteiger partial charge in [0.15, 0.2) is 9.84 Å². The van der Waals surface area contributed by atoms with Crippen LogP contribution in [-0.2, 0) is 16.3 Å². The molecule has 0 aromatic carbocycles. The van der Waals surface area contributed by atoms with Gasteiger partial charge in [-0.3, -0.25) is 0 Å². The van der Waals surface area contributed by atoms with Gasteiger partial charge in [0.25, 0.3) is 0 Å². The molecule has 0 saturated carbocycles. The van der Waals surface area contributed by atoms with E-state index in [0.717, 1.165) is 25.0 Å². The Hall–Kier alpha value is -0.130. The minimum absolute atomic E-state index is 0.251. The van der Waals surface area contributed by atoms with E-state index in [-0.39, 0.29) is 5.92 Å². The molecule has 1 aromatic heterocycles. The second-order valence-corrected chi connectivity index (χ2v) is 8.45. The fourth-order valence-corrected chi connectivity index (χ4v) is 5.64. The van der Waals surface area contributed by atoms with Crippen molar-refractivity contribution in [3.63, 3.8) is 0 Å². The lowest BCUT2D eigenvalue weighted by Crippen LogP contribution is -2.18. The molecule has 0 spiro atoms. The fourth-order valence-electron chi connectivity index (χ4n) is 2.52. The molecule has 18 heavy (non-hydrogen) atoms. The molecule has 3 nitrogen and oxygen atoms in total. The van der Waals surface area contributed by atoms with Gasteiger partial charge in [-0.1, -0.05) is 0 Å². The van der Waals surface area contributed by atoms with Crippen LogP contribution in [0, 0.1) is 18.8 Å². The number of aromatic nitrogens is 1. The van der Waals surface area contributed by atoms with E-state index >= 15 is 0 Å². The van der Waals surface area contributed by atoms with Crippen LogP contribution in [0.4, 0.5) is 0 Å². The standard InChI is InChI=1S/C12H18ClNO2S2/c1-9-12(17-8-14-9)3-2-10(6-13)11-4-5-18(15,16)7-11/h8,10-11H,2-7H2,1H3. The molecular formula is C12H18ClNO2S2. The first-order chi connectivity index (χ1) is 8.52. The highest BCUT2D eigenvalue weighted by Crippen LogP contribution is 2.30. The zero-order chi connectivity index (χ0) is 13.2. The summed E-state index contributed by atoms with van der Waals surface area (Å²) in [6.07, 6.45) is 2.71. The summed E-state index contributed by atoms with van der Waals surface area (Å²) in [7, 11) is -2.80. The van der Waals surface area contributed by atoms with E-state index < -0.39 is 9.84 Å². The molecule has 1 fully saturated rings. The summed E-state index contributed by atoms with van der Waals surface area (Å²) in [5.74, 6) is 1.78. The van der Waals surface area contributed by atoms with E-state index in [2.05, 4.69) is 4.98 Å². The Morgan fingerprint density at radius 3 is 2.89 bits per heavy atom. The zero-order valence-electron chi connectivity index (χ0n) is 10.4. The lowest BCUT2D eigenvalue weighted by atomic mass is 9.89. The third kappa shape index (κ3) is 3.45. The highest BCUT2D eigenvalue weighted by molar-refractivity contribution is 7.91. The van der Waals surface area contributed by atoms with Gasteiger partial charge >= 0.3 is 0 Å². The van der Waals surface area contributed by atoms with Crippen molar-refractivity contribution in [2.45, 2.75) is 26.2 Å². The van der Waals surface area contributed by atoms with Crippen LogP contribution < -0.4 is 0 Å². The van der Waals surface area contributed by atoms with Crippen LogP contribution in [0.5, 0.6) is 0 Å². The smallest absolute Gasteiger partial charge is 0.150 e. The van der Waals surface area contributed by atoms with E-state index in [0.29, 0.717) is 23.3 Å². The van der Waals surface area contributed by atoms with Gasteiger partial charge in [-0.25, -0.2) is 13.4 Å². The van der Waals surface area contributed by atoms with Crippen LogP contribution in [0.1, 0.15) is 23.4 Å². The third-order valence-corrected chi connectivity index (χ3v) is 6.90. The number of thiazole rings is 1. The minimum atomic E-state index is -2.80. The predicted octanol–water partition coefficient (Wildman–Crippen LogP) is 2.67. The topological polar surface area (TPSA) is 47.0 Å². The lowest BCUT2D eigenvalue weighted by Gasteiger charge is -2.19. The number of sulfone groups is 1. The van der Waals surface area contributed by atoms with Crippen molar-refractivity contribution in [2.24, 2.45) is 11.8 Å². The van der Waals surface area contributed by atoms with E-state index in [4.69, 9.17) is 11.6 Å². The van der Waals surface area contributed by atoms with Crippen LogP contribution in [0.25, 0.3) is 0 Å². The SMILES string of the molecule is Cc1ncsc1CCC(CCl)C1CCS(=O)(=O)C1. The highest BCUT2D eigenvalue weighted by atomic mass is 35.5. The maximum atomic E-state index is 11.5. The average Bonchev–Trinajstić information content (AvgIpc) is 2.87. The predicted molar refractivity (Wildman–Crippen MR) is 76.1 cm³/mol. The van der Waals surface area contributed by atoms with Crippen LogP contribution in [0.3, 0.4) is 0 Å². The Bertz CT molecular complexity index is 498. The second-order valence-electron chi connectivity index (χ2n) is 4.98. The first-order valence-corrected chi connectivity index (χ1v) is 9.40. The molecule has 0 bridgehead atoms. The van der Waals surface area contributed by atoms with Crippen molar-refractivity contribution in [2.75, 3.05) is 17.4 Å². The zero-order valence-corrected chi connectivity index (χ0v) is 12.8. The van der Waals surface area contributed by atoms with Crippen molar-refractivity contribution >= 4 is 32.8 Å². The molecule has 0 amide bonds. The van der Waals surface area contributed by atoms with Gasteiger partial charge in [0, 0.05) is 10.8 Å². The number of rotatable bonds is 5. The van der Waals surface area contributed by atoms with Crippen LogP contribution in [0.15, 0.2) is 5.51 Å². The van der Waals surface area contributed by atoms with Crippen molar-refractivity contribution in [3.8, 4) is 0 Å². The Morgan fingerprint density at radius 2 is 2.39 bits per heavy atom. The number of nitrogens with zero attached hydrogens (tertiary/aromatic N) is 1. The van der Waals surface area contributed by atoms with Crippen LogP contribution in [0.2, 0.25) is 0 Å². The third-order valence-electron chi connectivity index (χ3n) is 3.72. The van der Waals surface area contributed by atoms with Crippen molar-refractivity contribution in [1.29, 1.82) is 0 Å². The quantitative estimate of drug-likeness (QED) is 0.786. The Labute approximate surface area is 117 Å². The second kappa shape index (κ2) is 5.88. The van der Waals surface area contributed by atoms with E-state index in [1.165, 1.54) is 4.88 Å². The molecule has 1 aromatic rings. The lowest BCUT2D eigenvalue weighted by molar-refractivity contribution is 0.377. The molecule has 0 radical (unpaired) electrons. The molecule has 1 aliphatic heterocycles. The van der Waals surface area contributed by atoms with Gasteiger partial charge in [-0.2, -0.15) is 0 Å². The highest BCUT2D eigenvalue weighted by Gasteiger charge is 2.33. The summed E-state index contributed by atoms with van der Waals surface area (Å²) in [5.41, 5.74) is 2.95. The van der Waals surface area contributed by atoms with Crippen LogP contribution in [-0.4, -0.2) is 30.8 Å². The molecule has 0 aliphatic carbocycles. The molecule has 2 heterocycles. The number of hydrogen-bond donors (Lipinski definition) is 0. The largest absolute Gasteiger partial charge is 0.250 e. The van der Waals surface area contributed by atoms with Gasteiger partial charge < -0.3 is 0 Å². The monoisotopic (exact) mass is 307 g/mol. The number of hydrogen-bond acceptors (Lipinski definition) is 4. The molecule has 6 heteroatoms. The Kier molecular flexibility index (Phi) is 4.67. The molecule has 2 atom stereocenters. The number of aryl methyl sites for hydroxylation is 2. The first kappa shape index (κ1) is 14.3. The molecule has 1 aliphatic rings. The van der Waals surface area contributed by atoms with Crippen molar-refractivity contribution in [1.82, 2.24) is 4.98 Å². The van der Waals surface area contributed by atoms with Gasteiger partial charge in [-0.15, -0.1) is 22.9 Å².